The predicted molar refractivity (Wildman–Crippen MR) is 157 cm³/mol. The van der Waals surface area contributed by atoms with Crippen LogP contribution in [0.5, 0.6) is 5.75 Å². The Morgan fingerprint density at radius 3 is 2.38 bits per heavy atom. The van der Waals surface area contributed by atoms with Gasteiger partial charge in [0.2, 0.25) is 0 Å². The van der Waals surface area contributed by atoms with E-state index in [1.54, 1.807) is 5.56 Å². The van der Waals surface area contributed by atoms with Gasteiger partial charge in [-0.25, -0.2) is 0 Å². The topological polar surface area (TPSA) is 26.3 Å². The van der Waals surface area contributed by atoms with E-state index in [2.05, 4.69) is 52.0 Å². The van der Waals surface area contributed by atoms with E-state index in [-0.39, 0.29) is 5.97 Å². The van der Waals surface area contributed by atoms with E-state index in [0.29, 0.717) is 12.3 Å². The first-order valence-electron chi connectivity index (χ1n) is 15.4. The van der Waals surface area contributed by atoms with Gasteiger partial charge in [-0.15, -0.1) is 0 Å². The van der Waals surface area contributed by atoms with E-state index in [4.69, 9.17) is 4.74 Å². The van der Waals surface area contributed by atoms with Crippen molar-refractivity contribution in [3.63, 3.8) is 0 Å². The summed E-state index contributed by atoms with van der Waals surface area (Å²) in [7, 11) is 0. The maximum atomic E-state index is 12.6. The Kier molecular flexibility index (Phi) is 12.7. The first-order chi connectivity index (χ1) is 18.0. The third-order valence-electron chi connectivity index (χ3n) is 8.53. The molecule has 1 saturated carbocycles. The fraction of sp³-hybridized carbons (Fsp3) is 0.629. The molecule has 1 aliphatic rings. The summed E-state index contributed by atoms with van der Waals surface area (Å²) in [6.07, 6.45) is 18.2. The van der Waals surface area contributed by atoms with Crippen LogP contribution >= 0.6 is 0 Å². The van der Waals surface area contributed by atoms with Crippen molar-refractivity contribution >= 4 is 5.97 Å². The first kappa shape index (κ1) is 29.5. The van der Waals surface area contributed by atoms with Crippen LogP contribution in [0.25, 0.3) is 0 Å². The number of carbonyl (C=O) groups excluding carboxylic acids is 1. The SMILES string of the molecule is CCCCCC(C)CC(=O)Oc1ccccc1CCc1ccc([C@H]2CC[C@H](CCCCC)CC2)c(C)c1. The molecule has 2 aromatic rings. The van der Waals surface area contributed by atoms with Crippen LogP contribution in [-0.4, -0.2) is 5.97 Å². The monoisotopic (exact) mass is 504 g/mol. The molecule has 1 aliphatic carbocycles. The number of carbonyl (C=O) groups is 1. The largest absolute Gasteiger partial charge is 0.426 e. The highest BCUT2D eigenvalue weighted by molar-refractivity contribution is 5.73. The van der Waals surface area contributed by atoms with Crippen LogP contribution in [0.3, 0.4) is 0 Å². The molecule has 37 heavy (non-hydrogen) atoms. The molecular weight excluding hydrogens is 452 g/mol. The van der Waals surface area contributed by atoms with Crippen molar-refractivity contribution in [3.05, 3.63) is 64.7 Å². The third kappa shape index (κ3) is 9.95. The molecule has 0 N–H and O–H groups in total. The molecule has 0 aromatic heterocycles. The molecule has 3 rings (SSSR count). The van der Waals surface area contributed by atoms with Crippen LogP contribution in [0.2, 0.25) is 0 Å². The fourth-order valence-corrected chi connectivity index (χ4v) is 6.18. The van der Waals surface area contributed by atoms with Crippen LogP contribution in [0.4, 0.5) is 0 Å². The van der Waals surface area contributed by atoms with Crippen molar-refractivity contribution < 1.29 is 9.53 Å². The van der Waals surface area contributed by atoms with E-state index in [1.165, 1.54) is 81.8 Å². The van der Waals surface area contributed by atoms with Gasteiger partial charge in [0.1, 0.15) is 5.75 Å². The number of para-hydroxylation sites is 1. The normalized spacial score (nSPS) is 18.5. The number of hydrogen-bond donors (Lipinski definition) is 0. The number of aryl methyl sites for hydroxylation is 3. The summed E-state index contributed by atoms with van der Waals surface area (Å²) in [5.41, 5.74) is 5.51. The number of rotatable bonds is 15. The zero-order valence-electron chi connectivity index (χ0n) is 24.2. The fourth-order valence-electron chi connectivity index (χ4n) is 6.18. The lowest BCUT2D eigenvalue weighted by atomic mass is 9.76. The number of hydrogen-bond acceptors (Lipinski definition) is 2. The molecule has 0 radical (unpaired) electrons. The summed E-state index contributed by atoms with van der Waals surface area (Å²) in [5, 5.41) is 0. The van der Waals surface area contributed by atoms with Crippen molar-refractivity contribution in [2.24, 2.45) is 11.8 Å². The second kappa shape index (κ2) is 16.0. The van der Waals surface area contributed by atoms with Gasteiger partial charge in [-0.3, -0.25) is 4.79 Å². The Hall–Kier alpha value is -2.09. The maximum Gasteiger partial charge on any atom is 0.311 e. The third-order valence-corrected chi connectivity index (χ3v) is 8.53. The summed E-state index contributed by atoms with van der Waals surface area (Å²) in [6.45, 7) is 8.97. The summed E-state index contributed by atoms with van der Waals surface area (Å²) < 4.78 is 5.83. The summed E-state index contributed by atoms with van der Waals surface area (Å²) in [6, 6.07) is 15.2. The number of benzene rings is 2. The number of unbranched alkanes of at least 4 members (excludes halogenated alkanes) is 4. The van der Waals surface area contributed by atoms with Gasteiger partial charge in [-0.1, -0.05) is 109 Å². The van der Waals surface area contributed by atoms with Gasteiger partial charge in [-0.05, 0) is 91.5 Å². The lowest BCUT2D eigenvalue weighted by molar-refractivity contribution is -0.135. The summed E-state index contributed by atoms with van der Waals surface area (Å²) in [5.74, 6) is 2.71. The zero-order valence-corrected chi connectivity index (χ0v) is 24.2. The van der Waals surface area contributed by atoms with Crippen LogP contribution in [0.1, 0.15) is 132 Å². The van der Waals surface area contributed by atoms with Crippen molar-refractivity contribution in [1.82, 2.24) is 0 Å². The van der Waals surface area contributed by atoms with Gasteiger partial charge in [0.05, 0.1) is 0 Å². The zero-order chi connectivity index (χ0) is 26.5. The molecule has 2 heteroatoms. The van der Waals surface area contributed by atoms with Crippen LogP contribution in [-0.2, 0) is 17.6 Å². The van der Waals surface area contributed by atoms with Gasteiger partial charge >= 0.3 is 5.97 Å². The van der Waals surface area contributed by atoms with E-state index in [9.17, 15) is 4.79 Å². The van der Waals surface area contributed by atoms with Crippen molar-refractivity contribution in [3.8, 4) is 5.75 Å². The molecule has 0 amide bonds. The molecule has 204 valence electrons. The van der Waals surface area contributed by atoms with Crippen molar-refractivity contribution in [1.29, 1.82) is 0 Å². The van der Waals surface area contributed by atoms with Gasteiger partial charge < -0.3 is 4.74 Å². The lowest BCUT2D eigenvalue weighted by Gasteiger charge is -2.30. The second-order valence-electron chi connectivity index (χ2n) is 11.8. The molecule has 1 fully saturated rings. The minimum absolute atomic E-state index is 0.100. The average molecular weight is 505 g/mol. The predicted octanol–water partition coefficient (Wildman–Crippen LogP) is 10.1. The molecule has 2 nitrogen and oxygen atoms in total. The molecule has 1 atom stereocenters. The summed E-state index contributed by atoms with van der Waals surface area (Å²) >= 11 is 0. The van der Waals surface area contributed by atoms with Gasteiger partial charge in [0.15, 0.2) is 0 Å². The highest BCUT2D eigenvalue weighted by Gasteiger charge is 2.23. The maximum absolute atomic E-state index is 12.6. The molecule has 0 heterocycles. The van der Waals surface area contributed by atoms with E-state index in [0.717, 1.165) is 42.4 Å². The Balaban J connectivity index is 1.50. The molecule has 0 bridgehead atoms. The van der Waals surface area contributed by atoms with Gasteiger partial charge in [-0.2, -0.15) is 0 Å². The van der Waals surface area contributed by atoms with Crippen LogP contribution in [0.15, 0.2) is 42.5 Å². The standard InChI is InChI=1S/C35H52O2/c1-5-7-9-13-27(3)25-35(36)37-34-16-12-11-15-32(34)23-19-30-20-24-33(28(4)26-30)31-21-17-29(18-22-31)14-10-8-6-2/h11-12,15-16,20,24,26-27,29,31H,5-10,13-14,17-19,21-23,25H2,1-4H3/t27?,29-,31-. The average Bonchev–Trinajstić information content (AvgIpc) is 2.89. The minimum atomic E-state index is -0.100. The minimum Gasteiger partial charge on any atom is -0.426 e. The second-order valence-corrected chi connectivity index (χ2v) is 11.8. The first-order valence-corrected chi connectivity index (χ1v) is 15.4. The molecule has 2 aromatic carbocycles. The highest BCUT2D eigenvalue weighted by Crippen LogP contribution is 2.39. The smallest absolute Gasteiger partial charge is 0.311 e. The number of esters is 1. The van der Waals surface area contributed by atoms with Gasteiger partial charge in [0, 0.05) is 6.42 Å². The highest BCUT2D eigenvalue weighted by atomic mass is 16.5. The molecular formula is C35H52O2. The lowest BCUT2D eigenvalue weighted by Crippen LogP contribution is -2.14. The molecule has 0 spiro atoms. The van der Waals surface area contributed by atoms with E-state index < -0.39 is 0 Å². The Morgan fingerprint density at radius 2 is 1.65 bits per heavy atom. The Morgan fingerprint density at radius 1 is 0.919 bits per heavy atom. The van der Waals surface area contributed by atoms with E-state index >= 15 is 0 Å². The van der Waals surface area contributed by atoms with Crippen molar-refractivity contribution in [2.45, 2.75) is 130 Å². The van der Waals surface area contributed by atoms with Crippen molar-refractivity contribution in [2.75, 3.05) is 0 Å². The van der Waals surface area contributed by atoms with Gasteiger partial charge in [0.25, 0.3) is 0 Å². The number of ether oxygens (including phenoxy) is 1. The Labute approximate surface area is 227 Å². The Bertz CT molecular complexity index is 938. The quantitative estimate of drug-likeness (QED) is 0.137. The summed E-state index contributed by atoms with van der Waals surface area (Å²) in [4.78, 5) is 12.6. The van der Waals surface area contributed by atoms with Crippen LogP contribution < -0.4 is 4.74 Å². The molecule has 0 aliphatic heterocycles. The van der Waals surface area contributed by atoms with Crippen LogP contribution in [0, 0.1) is 18.8 Å². The molecule has 0 saturated heterocycles. The molecule has 1 unspecified atom stereocenters. The van der Waals surface area contributed by atoms with E-state index in [1.807, 2.05) is 18.2 Å².